The first-order chi connectivity index (χ1) is 10.0. The molecule has 1 aliphatic heterocycles. The van der Waals surface area contributed by atoms with Crippen LogP contribution in [0.4, 0.5) is 8.78 Å². The van der Waals surface area contributed by atoms with Crippen LogP contribution in [0, 0.1) is 11.6 Å². The molecule has 0 fully saturated rings. The van der Waals surface area contributed by atoms with Crippen molar-refractivity contribution in [3.63, 3.8) is 0 Å². The average molecular weight is 290 g/mol. The third-order valence-corrected chi connectivity index (χ3v) is 3.72. The number of halogens is 2. The van der Waals surface area contributed by atoms with Crippen LogP contribution < -0.4 is 4.74 Å². The zero-order chi connectivity index (χ0) is 15.0. The second-order valence-electron chi connectivity index (χ2n) is 5.47. The number of fused-ring (bicyclic) bond motifs is 1. The first-order valence-electron chi connectivity index (χ1n) is 6.94. The molecule has 0 saturated heterocycles. The Kier molecular flexibility index (Phi) is 3.64. The van der Waals surface area contributed by atoms with E-state index >= 15 is 0 Å². The monoisotopic (exact) mass is 290 g/mol. The molecule has 21 heavy (non-hydrogen) atoms. The van der Waals surface area contributed by atoms with E-state index in [1.54, 1.807) is 6.07 Å². The van der Waals surface area contributed by atoms with Crippen LogP contribution >= 0.6 is 0 Å². The second kappa shape index (κ2) is 5.45. The lowest BCUT2D eigenvalue weighted by molar-refractivity contribution is 0.178. The standard InChI is InChI=1S/C17H16F2O2/c1-10-6-13-9-12(3-5-17(13)21-10)16(20)8-11-2-4-14(18)15(19)7-11/h2-5,7,9-10,16,20H,6,8H2,1H3. The summed E-state index contributed by atoms with van der Waals surface area (Å²) in [5, 5.41) is 10.3. The van der Waals surface area contributed by atoms with E-state index in [0.29, 0.717) is 5.56 Å². The summed E-state index contributed by atoms with van der Waals surface area (Å²) in [6.45, 7) is 2.00. The molecule has 0 spiro atoms. The van der Waals surface area contributed by atoms with Crippen molar-refractivity contribution in [2.24, 2.45) is 0 Å². The molecule has 0 aliphatic carbocycles. The lowest BCUT2D eigenvalue weighted by atomic mass is 9.98. The summed E-state index contributed by atoms with van der Waals surface area (Å²) in [4.78, 5) is 0. The Balaban J connectivity index is 1.78. The summed E-state index contributed by atoms with van der Waals surface area (Å²) in [5.41, 5.74) is 2.40. The van der Waals surface area contributed by atoms with E-state index in [-0.39, 0.29) is 12.5 Å². The van der Waals surface area contributed by atoms with Crippen LogP contribution in [0.2, 0.25) is 0 Å². The van der Waals surface area contributed by atoms with E-state index in [9.17, 15) is 13.9 Å². The number of aliphatic hydroxyl groups excluding tert-OH is 1. The van der Waals surface area contributed by atoms with Crippen molar-refractivity contribution in [3.05, 3.63) is 64.7 Å². The molecule has 110 valence electrons. The topological polar surface area (TPSA) is 29.5 Å². The van der Waals surface area contributed by atoms with Gasteiger partial charge in [-0.2, -0.15) is 0 Å². The summed E-state index contributed by atoms with van der Waals surface area (Å²) in [5.74, 6) is -0.918. The lowest BCUT2D eigenvalue weighted by Gasteiger charge is -2.12. The highest BCUT2D eigenvalue weighted by Crippen LogP contribution is 2.31. The van der Waals surface area contributed by atoms with Gasteiger partial charge < -0.3 is 9.84 Å². The van der Waals surface area contributed by atoms with Gasteiger partial charge in [0.25, 0.3) is 0 Å². The minimum Gasteiger partial charge on any atom is -0.490 e. The normalized spacial score (nSPS) is 18.2. The molecule has 2 aromatic rings. The minimum atomic E-state index is -0.893. The maximum atomic E-state index is 13.2. The van der Waals surface area contributed by atoms with E-state index in [0.717, 1.165) is 35.4 Å². The summed E-state index contributed by atoms with van der Waals surface area (Å²) >= 11 is 0. The first-order valence-corrected chi connectivity index (χ1v) is 6.94. The highest BCUT2D eigenvalue weighted by Gasteiger charge is 2.20. The van der Waals surface area contributed by atoms with E-state index in [2.05, 4.69) is 0 Å². The van der Waals surface area contributed by atoms with E-state index in [1.807, 2.05) is 19.1 Å². The quantitative estimate of drug-likeness (QED) is 0.936. The zero-order valence-corrected chi connectivity index (χ0v) is 11.6. The maximum absolute atomic E-state index is 13.2. The van der Waals surface area contributed by atoms with Crippen LogP contribution in [-0.4, -0.2) is 11.2 Å². The van der Waals surface area contributed by atoms with Crippen molar-refractivity contribution < 1.29 is 18.6 Å². The van der Waals surface area contributed by atoms with E-state index in [1.165, 1.54) is 6.07 Å². The van der Waals surface area contributed by atoms with Gasteiger partial charge in [0.15, 0.2) is 11.6 Å². The molecule has 0 aromatic heterocycles. The Morgan fingerprint density at radius 3 is 2.76 bits per heavy atom. The summed E-state index contributed by atoms with van der Waals surface area (Å²) in [6.07, 6.45) is 0.461. The fraction of sp³-hybridized carbons (Fsp3) is 0.294. The molecule has 0 bridgehead atoms. The fourth-order valence-electron chi connectivity index (χ4n) is 2.66. The largest absolute Gasteiger partial charge is 0.490 e. The molecular formula is C17H16F2O2. The van der Waals surface area contributed by atoms with E-state index in [4.69, 9.17) is 4.74 Å². The van der Waals surface area contributed by atoms with Gasteiger partial charge in [-0.15, -0.1) is 0 Å². The molecule has 0 radical (unpaired) electrons. The van der Waals surface area contributed by atoms with Crippen LogP contribution in [0.1, 0.15) is 29.7 Å². The number of rotatable bonds is 3. The maximum Gasteiger partial charge on any atom is 0.159 e. The Morgan fingerprint density at radius 2 is 2.00 bits per heavy atom. The molecular weight excluding hydrogens is 274 g/mol. The van der Waals surface area contributed by atoms with Crippen molar-refractivity contribution in [2.45, 2.75) is 32.0 Å². The Labute approximate surface area is 122 Å². The minimum absolute atomic E-state index is 0.151. The van der Waals surface area contributed by atoms with Crippen molar-refractivity contribution in [1.82, 2.24) is 0 Å². The molecule has 0 saturated carbocycles. The van der Waals surface area contributed by atoms with Crippen LogP contribution in [0.5, 0.6) is 5.75 Å². The van der Waals surface area contributed by atoms with Crippen LogP contribution in [-0.2, 0) is 12.8 Å². The predicted octanol–water partition coefficient (Wildman–Crippen LogP) is 3.56. The number of aliphatic hydroxyl groups is 1. The summed E-state index contributed by atoms with van der Waals surface area (Å²) < 4.78 is 31.7. The number of hydrogen-bond donors (Lipinski definition) is 1. The molecule has 4 heteroatoms. The smallest absolute Gasteiger partial charge is 0.159 e. The SMILES string of the molecule is CC1Cc2cc(C(O)Cc3ccc(F)c(F)c3)ccc2O1. The van der Waals surface area contributed by atoms with Crippen molar-refractivity contribution in [2.75, 3.05) is 0 Å². The van der Waals surface area contributed by atoms with Gasteiger partial charge in [0, 0.05) is 12.8 Å². The molecule has 2 aromatic carbocycles. The Bertz CT molecular complexity index is 670. The fourth-order valence-corrected chi connectivity index (χ4v) is 2.66. The van der Waals surface area contributed by atoms with Crippen molar-refractivity contribution >= 4 is 0 Å². The molecule has 3 rings (SSSR count). The molecule has 0 amide bonds. The second-order valence-corrected chi connectivity index (χ2v) is 5.47. The molecule has 2 nitrogen and oxygen atoms in total. The van der Waals surface area contributed by atoms with Crippen molar-refractivity contribution in [3.8, 4) is 5.75 Å². The number of ether oxygens (including phenoxy) is 1. The highest BCUT2D eigenvalue weighted by molar-refractivity contribution is 5.41. The zero-order valence-electron chi connectivity index (χ0n) is 11.6. The average Bonchev–Trinajstić information content (AvgIpc) is 2.82. The third kappa shape index (κ3) is 2.90. The first kappa shape index (κ1) is 14.0. The van der Waals surface area contributed by atoms with E-state index < -0.39 is 17.7 Å². The number of hydrogen-bond acceptors (Lipinski definition) is 2. The van der Waals surface area contributed by atoms with Gasteiger partial charge in [0.1, 0.15) is 11.9 Å². The molecule has 1 aliphatic rings. The van der Waals surface area contributed by atoms with Crippen LogP contribution in [0.3, 0.4) is 0 Å². The van der Waals surface area contributed by atoms with Gasteiger partial charge in [0.05, 0.1) is 6.10 Å². The van der Waals surface area contributed by atoms with Gasteiger partial charge in [-0.3, -0.25) is 0 Å². The Hall–Kier alpha value is -1.94. The Morgan fingerprint density at radius 1 is 1.19 bits per heavy atom. The van der Waals surface area contributed by atoms with Gasteiger partial charge in [-0.1, -0.05) is 12.1 Å². The van der Waals surface area contributed by atoms with Gasteiger partial charge >= 0.3 is 0 Å². The molecule has 2 atom stereocenters. The number of benzene rings is 2. The van der Waals surface area contributed by atoms with Gasteiger partial charge in [0.2, 0.25) is 0 Å². The van der Waals surface area contributed by atoms with Gasteiger partial charge in [-0.25, -0.2) is 8.78 Å². The summed E-state index contributed by atoms with van der Waals surface area (Å²) in [7, 11) is 0. The van der Waals surface area contributed by atoms with Crippen LogP contribution in [0.25, 0.3) is 0 Å². The molecule has 1 heterocycles. The third-order valence-electron chi connectivity index (χ3n) is 3.72. The van der Waals surface area contributed by atoms with Crippen LogP contribution in [0.15, 0.2) is 36.4 Å². The highest BCUT2D eigenvalue weighted by atomic mass is 19.2. The molecule has 2 unspecified atom stereocenters. The predicted molar refractivity (Wildman–Crippen MR) is 75.3 cm³/mol. The summed E-state index contributed by atoms with van der Waals surface area (Å²) in [6, 6.07) is 9.26. The molecule has 1 N–H and O–H groups in total. The lowest BCUT2D eigenvalue weighted by Crippen LogP contribution is -2.05. The van der Waals surface area contributed by atoms with Crippen molar-refractivity contribution in [1.29, 1.82) is 0 Å². The van der Waals surface area contributed by atoms with Gasteiger partial charge in [-0.05, 0) is 47.9 Å².